The molecule has 0 saturated heterocycles. The van der Waals surface area contributed by atoms with Gasteiger partial charge in [0.1, 0.15) is 10.8 Å². The zero-order valence-electron chi connectivity index (χ0n) is 9.19. The fourth-order valence-corrected chi connectivity index (χ4v) is 1.89. The second-order valence-corrected chi connectivity index (χ2v) is 3.70. The van der Waals surface area contributed by atoms with Crippen molar-refractivity contribution in [2.45, 2.75) is 20.8 Å². The molecule has 0 amide bonds. The van der Waals surface area contributed by atoms with E-state index in [0.717, 1.165) is 16.3 Å². The molecule has 0 bridgehead atoms. The average Bonchev–Trinajstić information content (AvgIpc) is 2.69. The van der Waals surface area contributed by atoms with Gasteiger partial charge < -0.3 is 5.11 Å². The maximum atomic E-state index is 9.09. The van der Waals surface area contributed by atoms with Crippen molar-refractivity contribution < 1.29 is 5.11 Å². The number of nitrogens with zero attached hydrogens (tertiary/aromatic N) is 1. The lowest BCUT2D eigenvalue weighted by atomic mass is 10.2. The molecule has 0 spiro atoms. The van der Waals surface area contributed by atoms with E-state index >= 15 is 0 Å². The first-order chi connectivity index (χ1) is 7.25. The fraction of sp³-hybridized carbons (Fsp3) is 0.250. The smallest absolute Gasteiger partial charge is 0.123 e. The Balaban J connectivity index is 0.000000531. The van der Waals surface area contributed by atoms with Crippen LogP contribution in [0, 0.1) is 6.92 Å². The Morgan fingerprint density at radius 1 is 1.13 bits per heavy atom. The maximum Gasteiger partial charge on any atom is 0.123 e. The van der Waals surface area contributed by atoms with E-state index in [1.54, 1.807) is 23.5 Å². The summed E-state index contributed by atoms with van der Waals surface area (Å²) in [6.07, 6.45) is 0. The summed E-state index contributed by atoms with van der Waals surface area (Å²) in [4.78, 5) is 4.35. The minimum atomic E-state index is 0.289. The van der Waals surface area contributed by atoms with Crippen molar-refractivity contribution in [2.75, 3.05) is 0 Å². The third-order valence-corrected chi connectivity index (χ3v) is 2.74. The van der Waals surface area contributed by atoms with E-state index < -0.39 is 0 Å². The second-order valence-electron chi connectivity index (χ2n) is 2.84. The van der Waals surface area contributed by atoms with Crippen LogP contribution in [0.25, 0.3) is 10.6 Å². The van der Waals surface area contributed by atoms with Gasteiger partial charge in [0.25, 0.3) is 0 Å². The van der Waals surface area contributed by atoms with Crippen molar-refractivity contribution in [3.63, 3.8) is 0 Å². The van der Waals surface area contributed by atoms with E-state index in [1.807, 2.05) is 38.3 Å². The minimum absolute atomic E-state index is 0.289. The first-order valence-corrected chi connectivity index (χ1v) is 5.85. The highest BCUT2D eigenvalue weighted by molar-refractivity contribution is 7.13. The lowest BCUT2D eigenvalue weighted by molar-refractivity contribution is 0.475. The van der Waals surface area contributed by atoms with Gasteiger partial charge in [0.2, 0.25) is 0 Å². The molecule has 0 atom stereocenters. The molecule has 0 saturated carbocycles. The van der Waals surface area contributed by atoms with Gasteiger partial charge in [0.05, 0.1) is 0 Å². The van der Waals surface area contributed by atoms with Crippen LogP contribution >= 0.6 is 11.3 Å². The molecule has 0 aliphatic rings. The number of hydrogen-bond acceptors (Lipinski definition) is 3. The van der Waals surface area contributed by atoms with Gasteiger partial charge in [-0.1, -0.05) is 13.8 Å². The van der Waals surface area contributed by atoms with Crippen LogP contribution in [0.2, 0.25) is 0 Å². The Bertz CT molecular complexity index is 406. The average molecular weight is 221 g/mol. The van der Waals surface area contributed by atoms with Crippen LogP contribution in [0.4, 0.5) is 0 Å². The number of phenolic OH excluding ortho intramolecular Hbond substituents is 1. The van der Waals surface area contributed by atoms with Gasteiger partial charge in [-0.15, -0.1) is 11.3 Å². The molecule has 0 aliphatic carbocycles. The van der Waals surface area contributed by atoms with Crippen molar-refractivity contribution in [1.82, 2.24) is 4.98 Å². The Hall–Kier alpha value is -1.35. The Morgan fingerprint density at radius 3 is 2.20 bits per heavy atom. The Morgan fingerprint density at radius 2 is 1.73 bits per heavy atom. The predicted molar refractivity (Wildman–Crippen MR) is 65.3 cm³/mol. The van der Waals surface area contributed by atoms with E-state index in [0.29, 0.717) is 0 Å². The highest BCUT2D eigenvalue weighted by Gasteiger charge is 2.01. The lowest BCUT2D eigenvalue weighted by Gasteiger charge is -1.95. The van der Waals surface area contributed by atoms with Crippen molar-refractivity contribution in [3.05, 3.63) is 35.3 Å². The minimum Gasteiger partial charge on any atom is -0.508 e. The third-order valence-electron chi connectivity index (χ3n) is 1.73. The van der Waals surface area contributed by atoms with Crippen molar-refractivity contribution in [1.29, 1.82) is 0 Å². The van der Waals surface area contributed by atoms with Crippen LogP contribution in [-0.4, -0.2) is 10.1 Å². The normalized spacial score (nSPS) is 9.27. The summed E-state index contributed by atoms with van der Waals surface area (Å²) in [5.41, 5.74) is 2.09. The molecule has 2 rings (SSSR count). The molecular weight excluding hydrogens is 206 g/mol. The summed E-state index contributed by atoms with van der Waals surface area (Å²) >= 11 is 1.62. The summed E-state index contributed by atoms with van der Waals surface area (Å²) in [6, 6.07) is 7.08. The molecule has 1 N–H and O–H groups in total. The highest BCUT2D eigenvalue weighted by Crippen LogP contribution is 2.24. The largest absolute Gasteiger partial charge is 0.508 e. The summed E-state index contributed by atoms with van der Waals surface area (Å²) in [5.74, 6) is 0.289. The summed E-state index contributed by atoms with van der Waals surface area (Å²) in [5, 5.41) is 12.1. The number of hydrogen-bond donors (Lipinski definition) is 1. The van der Waals surface area contributed by atoms with Crippen LogP contribution in [0.15, 0.2) is 29.6 Å². The molecular formula is C12H15NOS. The van der Waals surface area contributed by atoms with Crippen LogP contribution < -0.4 is 0 Å². The topological polar surface area (TPSA) is 33.1 Å². The molecule has 1 heterocycles. The lowest BCUT2D eigenvalue weighted by Crippen LogP contribution is -1.75. The Labute approximate surface area is 94.2 Å². The number of rotatable bonds is 1. The van der Waals surface area contributed by atoms with Gasteiger partial charge in [0.15, 0.2) is 0 Å². The molecule has 0 aliphatic heterocycles. The molecule has 0 fully saturated rings. The Kier molecular flexibility index (Phi) is 4.31. The van der Waals surface area contributed by atoms with Gasteiger partial charge in [0, 0.05) is 16.6 Å². The number of aryl methyl sites for hydroxylation is 1. The summed E-state index contributed by atoms with van der Waals surface area (Å²) in [6.45, 7) is 5.97. The number of phenols is 1. The summed E-state index contributed by atoms with van der Waals surface area (Å²) < 4.78 is 0. The van der Waals surface area contributed by atoms with Crippen LogP contribution in [0.1, 0.15) is 19.5 Å². The monoisotopic (exact) mass is 221 g/mol. The van der Waals surface area contributed by atoms with E-state index in [-0.39, 0.29) is 5.75 Å². The molecule has 0 radical (unpaired) electrons. The maximum absolute atomic E-state index is 9.09. The summed E-state index contributed by atoms with van der Waals surface area (Å²) in [7, 11) is 0. The SMILES string of the molecule is CC.Cc1csc(-c2ccc(O)cc2)n1. The van der Waals surface area contributed by atoms with Crippen LogP contribution in [0.5, 0.6) is 5.75 Å². The standard InChI is InChI=1S/C10H9NOS.C2H6/c1-7-6-13-10(11-7)8-2-4-9(12)5-3-8;1-2/h2-6,12H,1H3;1-2H3. The van der Waals surface area contributed by atoms with Gasteiger partial charge in [-0.3, -0.25) is 0 Å². The third kappa shape index (κ3) is 3.06. The van der Waals surface area contributed by atoms with Crippen LogP contribution in [-0.2, 0) is 0 Å². The van der Waals surface area contributed by atoms with Gasteiger partial charge in [-0.2, -0.15) is 0 Å². The molecule has 1 aromatic carbocycles. The van der Waals surface area contributed by atoms with E-state index in [1.165, 1.54) is 0 Å². The quantitative estimate of drug-likeness (QED) is 0.793. The second kappa shape index (κ2) is 5.51. The first kappa shape index (κ1) is 11.7. The molecule has 1 aromatic heterocycles. The van der Waals surface area contributed by atoms with Gasteiger partial charge in [-0.25, -0.2) is 4.98 Å². The number of aromatic nitrogens is 1. The van der Waals surface area contributed by atoms with E-state index in [9.17, 15) is 0 Å². The number of aromatic hydroxyl groups is 1. The van der Waals surface area contributed by atoms with Crippen molar-refractivity contribution in [2.24, 2.45) is 0 Å². The molecule has 2 nitrogen and oxygen atoms in total. The van der Waals surface area contributed by atoms with E-state index in [4.69, 9.17) is 5.11 Å². The first-order valence-electron chi connectivity index (χ1n) is 4.97. The van der Waals surface area contributed by atoms with Gasteiger partial charge in [-0.05, 0) is 31.2 Å². The number of thiazole rings is 1. The molecule has 3 heteroatoms. The zero-order chi connectivity index (χ0) is 11.3. The molecule has 80 valence electrons. The zero-order valence-corrected chi connectivity index (χ0v) is 10.0. The van der Waals surface area contributed by atoms with Crippen molar-refractivity contribution in [3.8, 4) is 16.3 Å². The highest BCUT2D eigenvalue weighted by atomic mass is 32.1. The van der Waals surface area contributed by atoms with E-state index in [2.05, 4.69) is 4.98 Å². The van der Waals surface area contributed by atoms with Crippen LogP contribution in [0.3, 0.4) is 0 Å². The van der Waals surface area contributed by atoms with Gasteiger partial charge >= 0.3 is 0 Å². The molecule has 15 heavy (non-hydrogen) atoms. The molecule has 0 unspecified atom stereocenters. The van der Waals surface area contributed by atoms with Crippen molar-refractivity contribution >= 4 is 11.3 Å². The molecule has 2 aromatic rings. The predicted octanol–water partition coefficient (Wildman–Crippen LogP) is 3.85. The number of benzene rings is 1. The fourth-order valence-electron chi connectivity index (χ4n) is 1.09.